The van der Waals surface area contributed by atoms with Crippen LogP contribution in [0.4, 0.5) is 0 Å². The van der Waals surface area contributed by atoms with Crippen molar-refractivity contribution in [2.75, 3.05) is 20.2 Å². The Balaban J connectivity index is 1.87. The maximum Gasteiger partial charge on any atom is 0.323 e. The molecule has 0 saturated carbocycles. The first kappa shape index (κ1) is 19.8. The molecule has 2 aliphatic heterocycles. The minimum atomic E-state index is -0.776. The average molecular weight is 374 g/mol. The van der Waals surface area contributed by atoms with Crippen molar-refractivity contribution in [3.8, 4) is 0 Å². The molecule has 3 rings (SSSR count). The maximum atomic E-state index is 12.8. The number of benzene rings is 1. The largest absolute Gasteiger partial charge is 0.469 e. The average Bonchev–Trinajstić information content (AvgIpc) is 3.14. The lowest BCUT2D eigenvalue weighted by Gasteiger charge is -2.35. The van der Waals surface area contributed by atoms with Crippen LogP contribution in [0.25, 0.3) is 0 Å². The molecule has 0 N–H and O–H groups in total. The number of hydrogen-bond donors (Lipinski definition) is 0. The van der Waals surface area contributed by atoms with E-state index in [4.69, 9.17) is 9.47 Å². The van der Waals surface area contributed by atoms with Crippen LogP contribution in [0.3, 0.4) is 0 Å². The minimum Gasteiger partial charge on any atom is -0.469 e. The van der Waals surface area contributed by atoms with Crippen LogP contribution in [0.15, 0.2) is 30.3 Å². The molecule has 2 fully saturated rings. The first-order valence-corrected chi connectivity index (χ1v) is 9.51. The van der Waals surface area contributed by atoms with E-state index < -0.39 is 17.1 Å². The summed E-state index contributed by atoms with van der Waals surface area (Å²) in [5.74, 6) is -0.537. The van der Waals surface area contributed by atoms with Gasteiger partial charge in [0.25, 0.3) is 0 Å². The van der Waals surface area contributed by atoms with E-state index in [0.717, 1.165) is 19.6 Å². The fourth-order valence-electron chi connectivity index (χ4n) is 4.41. The molecule has 2 aliphatic rings. The van der Waals surface area contributed by atoms with E-state index in [0.29, 0.717) is 6.42 Å². The van der Waals surface area contributed by atoms with Gasteiger partial charge in [-0.2, -0.15) is 0 Å². The Morgan fingerprint density at radius 3 is 2.44 bits per heavy atom. The Bertz CT molecular complexity index is 700. The zero-order chi connectivity index (χ0) is 19.8. The number of esters is 2. The second kappa shape index (κ2) is 7.24. The molecule has 2 saturated heterocycles. The third-order valence-corrected chi connectivity index (χ3v) is 5.45. The summed E-state index contributed by atoms with van der Waals surface area (Å²) < 4.78 is 10.8. The van der Waals surface area contributed by atoms with Crippen LogP contribution in [0, 0.1) is 5.41 Å². The minimum absolute atomic E-state index is 0.178. The molecule has 2 heterocycles. The quantitative estimate of drug-likeness (QED) is 0.755. The van der Waals surface area contributed by atoms with Crippen molar-refractivity contribution in [1.82, 2.24) is 9.80 Å². The normalized spacial score (nSPS) is 28.8. The maximum absolute atomic E-state index is 12.8. The van der Waals surface area contributed by atoms with E-state index in [2.05, 4.69) is 21.9 Å². The highest BCUT2D eigenvalue weighted by atomic mass is 16.6. The number of carbonyl (C=O) groups is 2. The zero-order valence-corrected chi connectivity index (χ0v) is 16.9. The Morgan fingerprint density at radius 2 is 1.85 bits per heavy atom. The fourth-order valence-corrected chi connectivity index (χ4v) is 4.41. The van der Waals surface area contributed by atoms with E-state index >= 15 is 0 Å². The number of methoxy groups -OCH3 is 1. The highest BCUT2D eigenvalue weighted by molar-refractivity contribution is 5.83. The van der Waals surface area contributed by atoms with Crippen molar-refractivity contribution in [3.63, 3.8) is 0 Å². The highest BCUT2D eigenvalue weighted by Gasteiger charge is 2.61. The van der Waals surface area contributed by atoms with Gasteiger partial charge in [-0.15, -0.1) is 0 Å². The molecular weight excluding hydrogens is 344 g/mol. The molecule has 0 aromatic heterocycles. The lowest BCUT2D eigenvalue weighted by Crippen LogP contribution is -2.49. The fraction of sp³-hybridized carbons (Fsp3) is 0.619. The molecule has 0 bridgehead atoms. The standard InChI is InChI=1S/C21H30N2O4/c1-20(2,3)27-17(24)16-13-21(4,19(25)26-5)18-22(11-12-23(16)18)14-15-9-7-6-8-10-15/h6-10,16,18H,11-14H2,1-5H3/t16-,18-,21+/m1/s1. The third kappa shape index (κ3) is 3.87. The monoisotopic (exact) mass is 374 g/mol. The van der Waals surface area contributed by atoms with Crippen LogP contribution >= 0.6 is 0 Å². The Kier molecular flexibility index (Phi) is 5.32. The molecule has 0 unspecified atom stereocenters. The van der Waals surface area contributed by atoms with Crippen molar-refractivity contribution in [3.05, 3.63) is 35.9 Å². The van der Waals surface area contributed by atoms with Crippen LogP contribution in [-0.4, -0.2) is 59.7 Å². The molecule has 6 nitrogen and oxygen atoms in total. The molecular formula is C21H30N2O4. The van der Waals surface area contributed by atoms with E-state index in [1.165, 1.54) is 12.7 Å². The van der Waals surface area contributed by atoms with Crippen molar-refractivity contribution < 1.29 is 19.1 Å². The molecule has 0 aliphatic carbocycles. The summed E-state index contributed by atoms with van der Waals surface area (Å²) in [5.41, 5.74) is -0.144. The van der Waals surface area contributed by atoms with Gasteiger partial charge < -0.3 is 9.47 Å². The van der Waals surface area contributed by atoms with Gasteiger partial charge in [0.2, 0.25) is 0 Å². The molecule has 6 heteroatoms. The highest BCUT2D eigenvalue weighted by Crippen LogP contribution is 2.46. The predicted molar refractivity (Wildman–Crippen MR) is 102 cm³/mol. The number of hydrogen-bond acceptors (Lipinski definition) is 6. The number of carbonyl (C=O) groups excluding carboxylic acids is 2. The van der Waals surface area contributed by atoms with Gasteiger partial charge >= 0.3 is 11.9 Å². The number of fused-ring (bicyclic) bond motifs is 1. The summed E-state index contributed by atoms with van der Waals surface area (Å²) in [4.78, 5) is 29.9. The number of rotatable bonds is 4. The van der Waals surface area contributed by atoms with E-state index in [9.17, 15) is 9.59 Å². The van der Waals surface area contributed by atoms with Crippen molar-refractivity contribution in [2.45, 2.75) is 58.5 Å². The molecule has 1 aromatic carbocycles. The van der Waals surface area contributed by atoms with Crippen LogP contribution in [-0.2, 0) is 25.6 Å². The summed E-state index contributed by atoms with van der Waals surface area (Å²) >= 11 is 0. The van der Waals surface area contributed by atoms with E-state index in [1.807, 2.05) is 45.9 Å². The summed E-state index contributed by atoms with van der Waals surface area (Å²) in [6.45, 7) is 9.76. The van der Waals surface area contributed by atoms with E-state index in [1.54, 1.807) is 0 Å². The Morgan fingerprint density at radius 1 is 1.19 bits per heavy atom. The molecule has 0 radical (unpaired) electrons. The molecule has 3 atom stereocenters. The smallest absolute Gasteiger partial charge is 0.323 e. The zero-order valence-electron chi connectivity index (χ0n) is 16.9. The number of nitrogens with zero attached hydrogens (tertiary/aromatic N) is 2. The Labute approximate surface area is 161 Å². The predicted octanol–water partition coefficient (Wildman–Crippen LogP) is 2.42. The summed E-state index contributed by atoms with van der Waals surface area (Å²) in [6, 6.07) is 9.75. The summed E-state index contributed by atoms with van der Waals surface area (Å²) in [6.07, 6.45) is 0.229. The van der Waals surface area contributed by atoms with E-state index in [-0.39, 0.29) is 18.1 Å². The van der Waals surface area contributed by atoms with Crippen molar-refractivity contribution in [2.24, 2.45) is 5.41 Å². The van der Waals surface area contributed by atoms with Gasteiger partial charge in [0, 0.05) is 19.6 Å². The molecule has 0 amide bonds. The van der Waals surface area contributed by atoms with Crippen LogP contribution in [0.1, 0.15) is 39.7 Å². The molecule has 0 spiro atoms. The third-order valence-electron chi connectivity index (χ3n) is 5.45. The SMILES string of the molecule is COC(=O)[C@@]1(C)C[C@H](C(=O)OC(C)(C)C)N2CCN(Cc3ccccc3)[C@H]21. The molecule has 1 aromatic rings. The number of ether oxygens (including phenoxy) is 2. The lowest BCUT2D eigenvalue weighted by molar-refractivity contribution is -0.160. The van der Waals surface area contributed by atoms with Gasteiger partial charge in [-0.1, -0.05) is 30.3 Å². The van der Waals surface area contributed by atoms with Gasteiger partial charge in [0.1, 0.15) is 11.6 Å². The van der Waals surface area contributed by atoms with Crippen molar-refractivity contribution >= 4 is 11.9 Å². The van der Waals surface area contributed by atoms with Gasteiger partial charge in [-0.25, -0.2) is 0 Å². The van der Waals surface area contributed by atoms with Crippen LogP contribution in [0.2, 0.25) is 0 Å². The van der Waals surface area contributed by atoms with Crippen LogP contribution < -0.4 is 0 Å². The van der Waals surface area contributed by atoms with Gasteiger partial charge in [0.05, 0.1) is 18.7 Å². The van der Waals surface area contributed by atoms with Crippen molar-refractivity contribution in [1.29, 1.82) is 0 Å². The summed E-state index contributed by atoms with van der Waals surface area (Å²) in [5, 5.41) is 0. The second-order valence-electron chi connectivity index (χ2n) is 8.73. The first-order valence-electron chi connectivity index (χ1n) is 9.51. The topological polar surface area (TPSA) is 59.1 Å². The van der Waals surface area contributed by atoms with Gasteiger partial charge in [-0.3, -0.25) is 19.4 Å². The second-order valence-corrected chi connectivity index (χ2v) is 8.73. The van der Waals surface area contributed by atoms with Crippen LogP contribution in [0.5, 0.6) is 0 Å². The molecule has 27 heavy (non-hydrogen) atoms. The Hall–Kier alpha value is -1.92. The first-order chi connectivity index (χ1) is 12.7. The molecule has 148 valence electrons. The van der Waals surface area contributed by atoms with Gasteiger partial charge in [0.15, 0.2) is 0 Å². The van der Waals surface area contributed by atoms with Gasteiger partial charge in [-0.05, 0) is 39.7 Å². The lowest BCUT2D eigenvalue weighted by atomic mass is 9.84. The summed E-state index contributed by atoms with van der Waals surface area (Å²) in [7, 11) is 1.41.